The number of rotatable bonds is 2. The number of phenols is 1. The Hall–Kier alpha value is -1.48. The van der Waals surface area contributed by atoms with Gasteiger partial charge in [0.1, 0.15) is 11.5 Å². The lowest BCUT2D eigenvalue weighted by atomic mass is 10.2. The number of ether oxygens (including phenoxy) is 1. The maximum atomic E-state index is 9.15. The molecule has 72 valence electrons. The summed E-state index contributed by atoms with van der Waals surface area (Å²) in [5.41, 5.74) is 1.06. The molecule has 2 nitrogen and oxygen atoms in total. The lowest BCUT2D eigenvalue weighted by molar-refractivity contribution is 0.418. The highest BCUT2D eigenvalue weighted by Gasteiger charge is 2.06. The monoisotopic (exact) mass is 206 g/mol. The Labute approximate surface area is 86.4 Å². The maximum absolute atomic E-state index is 9.15. The molecule has 1 heterocycles. The van der Waals surface area contributed by atoms with Gasteiger partial charge in [0.2, 0.25) is 0 Å². The van der Waals surface area contributed by atoms with Crippen molar-refractivity contribution in [3.63, 3.8) is 0 Å². The van der Waals surface area contributed by atoms with Crippen LogP contribution in [0.3, 0.4) is 0 Å². The van der Waals surface area contributed by atoms with E-state index in [4.69, 9.17) is 9.84 Å². The first-order valence-electron chi connectivity index (χ1n) is 4.22. The van der Waals surface area contributed by atoms with E-state index < -0.39 is 0 Å². The molecular formula is C11H10O2S. The molecule has 1 aromatic heterocycles. The van der Waals surface area contributed by atoms with E-state index in [2.05, 4.69) is 0 Å². The molecule has 1 aromatic carbocycles. The SMILES string of the molecule is COc1ccsc1-c1ccc(O)cc1. The highest BCUT2D eigenvalue weighted by Crippen LogP contribution is 2.35. The second-order valence-corrected chi connectivity index (χ2v) is 3.78. The summed E-state index contributed by atoms with van der Waals surface area (Å²) < 4.78 is 5.22. The van der Waals surface area contributed by atoms with Gasteiger partial charge in [0, 0.05) is 0 Å². The summed E-state index contributed by atoms with van der Waals surface area (Å²) in [7, 11) is 1.66. The molecule has 0 radical (unpaired) electrons. The van der Waals surface area contributed by atoms with Crippen LogP contribution in [-0.2, 0) is 0 Å². The highest BCUT2D eigenvalue weighted by atomic mass is 32.1. The van der Waals surface area contributed by atoms with E-state index in [0.717, 1.165) is 16.2 Å². The van der Waals surface area contributed by atoms with Crippen LogP contribution < -0.4 is 4.74 Å². The Morgan fingerprint density at radius 2 is 1.86 bits per heavy atom. The van der Waals surface area contributed by atoms with Crippen molar-refractivity contribution < 1.29 is 9.84 Å². The van der Waals surface area contributed by atoms with Crippen LogP contribution in [0.4, 0.5) is 0 Å². The third kappa shape index (κ3) is 1.59. The average molecular weight is 206 g/mol. The zero-order valence-corrected chi connectivity index (χ0v) is 8.54. The first-order chi connectivity index (χ1) is 6.81. The van der Waals surface area contributed by atoms with Gasteiger partial charge in [-0.3, -0.25) is 0 Å². The van der Waals surface area contributed by atoms with Crippen LogP contribution in [0.2, 0.25) is 0 Å². The third-order valence-electron chi connectivity index (χ3n) is 1.98. The van der Waals surface area contributed by atoms with Gasteiger partial charge in [0.15, 0.2) is 0 Å². The molecule has 3 heteroatoms. The van der Waals surface area contributed by atoms with E-state index >= 15 is 0 Å². The Morgan fingerprint density at radius 1 is 1.14 bits per heavy atom. The van der Waals surface area contributed by atoms with Crippen molar-refractivity contribution in [3.8, 4) is 21.9 Å². The molecule has 0 atom stereocenters. The molecule has 0 aliphatic carbocycles. The predicted octanol–water partition coefficient (Wildman–Crippen LogP) is 3.13. The van der Waals surface area contributed by atoms with Crippen molar-refractivity contribution in [1.82, 2.24) is 0 Å². The number of phenolic OH excluding ortho intramolecular Hbond substituents is 1. The normalized spacial score (nSPS) is 10.1. The first kappa shape index (κ1) is 9.09. The van der Waals surface area contributed by atoms with Gasteiger partial charge in [-0.15, -0.1) is 11.3 Å². The van der Waals surface area contributed by atoms with Crippen LogP contribution in [0.1, 0.15) is 0 Å². The van der Waals surface area contributed by atoms with Crippen molar-refractivity contribution in [3.05, 3.63) is 35.7 Å². The van der Waals surface area contributed by atoms with Gasteiger partial charge >= 0.3 is 0 Å². The van der Waals surface area contributed by atoms with Crippen LogP contribution in [0, 0.1) is 0 Å². The van der Waals surface area contributed by atoms with Gasteiger partial charge in [0.25, 0.3) is 0 Å². The largest absolute Gasteiger partial charge is 0.508 e. The van der Waals surface area contributed by atoms with Gasteiger partial charge in [-0.05, 0) is 41.3 Å². The second-order valence-electron chi connectivity index (χ2n) is 2.86. The zero-order chi connectivity index (χ0) is 9.97. The number of benzene rings is 1. The summed E-state index contributed by atoms with van der Waals surface area (Å²) in [5.74, 6) is 1.16. The lowest BCUT2D eigenvalue weighted by Crippen LogP contribution is -1.81. The van der Waals surface area contributed by atoms with Crippen molar-refractivity contribution in [1.29, 1.82) is 0 Å². The Kier molecular flexibility index (Phi) is 2.41. The van der Waals surface area contributed by atoms with Gasteiger partial charge in [-0.25, -0.2) is 0 Å². The minimum absolute atomic E-state index is 0.282. The molecular weight excluding hydrogens is 196 g/mol. The van der Waals surface area contributed by atoms with Crippen LogP contribution in [0.15, 0.2) is 35.7 Å². The molecule has 0 fully saturated rings. The first-order valence-corrected chi connectivity index (χ1v) is 5.10. The summed E-state index contributed by atoms with van der Waals surface area (Å²) in [5, 5.41) is 11.1. The second kappa shape index (κ2) is 3.72. The molecule has 0 bridgehead atoms. The number of thiophene rings is 1. The third-order valence-corrected chi connectivity index (χ3v) is 2.92. The fraction of sp³-hybridized carbons (Fsp3) is 0.0909. The fourth-order valence-electron chi connectivity index (χ4n) is 1.28. The molecule has 0 saturated heterocycles. The van der Waals surface area contributed by atoms with Crippen LogP contribution in [0.5, 0.6) is 11.5 Å². The maximum Gasteiger partial charge on any atom is 0.137 e. The molecule has 0 unspecified atom stereocenters. The van der Waals surface area contributed by atoms with Crippen LogP contribution in [-0.4, -0.2) is 12.2 Å². The van der Waals surface area contributed by atoms with Crippen molar-refractivity contribution in [2.75, 3.05) is 7.11 Å². The topological polar surface area (TPSA) is 29.5 Å². The van der Waals surface area contributed by atoms with E-state index in [1.165, 1.54) is 0 Å². The minimum atomic E-state index is 0.282. The average Bonchev–Trinajstić information content (AvgIpc) is 2.67. The summed E-state index contributed by atoms with van der Waals surface area (Å²) in [6.45, 7) is 0. The molecule has 0 saturated carbocycles. The molecule has 2 rings (SSSR count). The van der Waals surface area contributed by atoms with E-state index in [1.807, 2.05) is 23.6 Å². The van der Waals surface area contributed by atoms with E-state index in [1.54, 1.807) is 30.6 Å². The van der Waals surface area contributed by atoms with Gasteiger partial charge < -0.3 is 9.84 Å². The molecule has 0 aliphatic heterocycles. The molecule has 2 aromatic rings. The fourth-order valence-corrected chi connectivity index (χ4v) is 2.15. The Bertz CT molecular complexity index is 417. The summed E-state index contributed by atoms with van der Waals surface area (Å²) in [6.07, 6.45) is 0. The summed E-state index contributed by atoms with van der Waals surface area (Å²) in [4.78, 5) is 1.09. The smallest absolute Gasteiger partial charge is 0.137 e. The van der Waals surface area contributed by atoms with Crippen LogP contribution in [0.25, 0.3) is 10.4 Å². The van der Waals surface area contributed by atoms with E-state index in [9.17, 15) is 0 Å². The number of hydrogen-bond donors (Lipinski definition) is 1. The molecule has 1 N–H and O–H groups in total. The minimum Gasteiger partial charge on any atom is -0.508 e. The number of hydrogen-bond acceptors (Lipinski definition) is 3. The van der Waals surface area contributed by atoms with Gasteiger partial charge in [-0.1, -0.05) is 0 Å². The molecule has 0 spiro atoms. The number of methoxy groups -OCH3 is 1. The van der Waals surface area contributed by atoms with Crippen LogP contribution >= 0.6 is 11.3 Å². The highest BCUT2D eigenvalue weighted by molar-refractivity contribution is 7.14. The molecule has 0 amide bonds. The Morgan fingerprint density at radius 3 is 2.50 bits per heavy atom. The number of aromatic hydroxyl groups is 1. The zero-order valence-electron chi connectivity index (χ0n) is 7.73. The van der Waals surface area contributed by atoms with E-state index in [-0.39, 0.29) is 5.75 Å². The Balaban J connectivity index is 2.44. The lowest BCUT2D eigenvalue weighted by Gasteiger charge is -2.02. The summed E-state index contributed by atoms with van der Waals surface area (Å²) in [6, 6.07) is 9.04. The quantitative estimate of drug-likeness (QED) is 0.818. The standard InChI is InChI=1S/C11H10O2S/c1-13-10-6-7-14-11(10)8-2-4-9(12)5-3-8/h2-7,12H,1H3. The van der Waals surface area contributed by atoms with Gasteiger partial charge in [-0.2, -0.15) is 0 Å². The molecule has 0 aliphatic rings. The van der Waals surface area contributed by atoms with Gasteiger partial charge in [0.05, 0.1) is 12.0 Å². The van der Waals surface area contributed by atoms with Crippen molar-refractivity contribution in [2.45, 2.75) is 0 Å². The van der Waals surface area contributed by atoms with Crippen molar-refractivity contribution >= 4 is 11.3 Å². The molecule has 14 heavy (non-hydrogen) atoms. The predicted molar refractivity (Wildman–Crippen MR) is 58.0 cm³/mol. The van der Waals surface area contributed by atoms with E-state index in [0.29, 0.717) is 0 Å². The summed E-state index contributed by atoms with van der Waals surface area (Å²) >= 11 is 1.63. The van der Waals surface area contributed by atoms with Crippen molar-refractivity contribution in [2.24, 2.45) is 0 Å².